The van der Waals surface area contributed by atoms with Gasteiger partial charge in [-0.3, -0.25) is 4.79 Å². The van der Waals surface area contributed by atoms with Crippen molar-refractivity contribution in [2.75, 3.05) is 0 Å². The molecule has 0 aliphatic rings. The van der Waals surface area contributed by atoms with Gasteiger partial charge >= 0.3 is 5.97 Å². The zero-order valence-corrected chi connectivity index (χ0v) is 14.5. The van der Waals surface area contributed by atoms with Gasteiger partial charge in [0.05, 0.1) is 0 Å². The Morgan fingerprint density at radius 3 is 1.88 bits per heavy atom. The summed E-state index contributed by atoms with van der Waals surface area (Å²) >= 11 is 0. The van der Waals surface area contributed by atoms with Crippen LogP contribution in [0.3, 0.4) is 0 Å². The third kappa shape index (κ3) is 7.96. The number of para-hydroxylation sites is 1. The number of carbonyl (C=O) groups excluding carboxylic acids is 1. The third-order valence-electron chi connectivity index (χ3n) is 4.16. The summed E-state index contributed by atoms with van der Waals surface area (Å²) in [6.45, 7) is 0. The van der Waals surface area contributed by atoms with Gasteiger partial charge in [-0.25, -0.2) is 0 Å². The van der Waals surface area contributed by atoms with Gasteiger partial charge in [0, 0.05) is 6.42 Å². The molecule has 0 atom stereocenters. The van der Waals surface area contributed by atoms with Crippen molar-refractivity contribution in [2.24, 2.45) is 0 Å². The number of rotatable bonds is 11. The number of benzene rings is 2. The molecule has 2 rings (SSSR count). The summed E-state index contributed by atoms with van der Waals surface area (Å²) in [7, 11) is 0. The molecule has 0 fully saturated rings. The largest absolute Gasteiger partial charge is 0.427 e. The Bertz CT molecular complexity index is 563. The van der Waals surface area contributed by atoms with E-state index in [1.807, 2.05) is 30.3 Å². The molecule has 0 saturated heterocycles. The molecule has 0 aliphatic heterocycles. The van der Waals surface area contributed by atoms with E-state index in [0.29, 0.717) is 12.2 Å². The minimum atomic E-state index is -0.121. The van der Waals surface area contributed by atoms with Crippen LogP contribution in [-0.4, -0.2) is 5.97 Å². The van der Waals surface area contributed by atoms with Crippen LogP contribution >= 0.6 is 0 Å². The minimum absolute atomic E-state index is 0.121. The highest BCUT2D eigenvalue weighted by atomic mass is 16.5. The molecule has 2 aromatic carbocycles. The van der Waals surface area contributed by atoms with E-state index in [9.17, 15) is 4.79 Å². The molecule has 0 saturated carbocycles. The first-order valence-electron chi connectivity index (χ1n) is 9.14. The Hall–Kier alpha value is -2.09. The maximum Gasteiger partial charge on any atom is 0.311 e. The lowest BCUT2D eigenvalue weighted by Gasteiger charge is -2.04. The van der Waals surface area contributed by atoms with Crippen LogP contribution in [0.1, 0.15) is 56.9 Å². The molecule has 0 N–H and O–H groups in total. The first-order valence-corrected chi connectivity index (χ1v) is 9.14. The molecule has 0 radical (unpaired) electrons. The number of esters is 1. The van der Waals surface area contributed by atoms with Gasteiger partial charge in [-0.05, 0) is 37.0 Å². The quantitative estimate of drug-likeness (QED) is 0.290. The molecule has 0 bridgehead atoms. The maximum absolute atomic E-state index is 11.7. The van der Waals surface area contributed by atoms with Gasteiger partial charge in [0.2, 0.25) is 0 Å². The van der Waals surface area contributed by atoms with Crippen LogP contribution in [0.25, 0.3) is 0 Å². The molecular formula is C22H28O2. The summed E-state index contributed by atoms with van der Waals surface area (Å²) in [4.78, 5) is 11.7. The van der Waals surface area contributed by atoms with Crippen molar-refractivity contribution in [3.05, 3.63) is 66.2 Å². The molecule has 0 amide bonds. The molecule has 2 aromatic rings. The van der Waals surface area contributed by atoms with E-state index in [-0.39, 0.29) is 5.97 Å². The van der Waals surface area contributed by atoms with Crippen LogP contribution < -0.4 is 4.74 Å². The minimum Gasteiger partial charge on any atom is -0.427 e. The molecule has 0 aliphatic carbocycles. The molecular weight excluding hydrogens is 296 g/mol. The topological polar surface area (TPSA) is 26.3 Å². The number of carbonyl (C=O) groups is 1. The van der Waals surface area contributed by atoms with Crippen molar-refractivity contribution >= 4 is 5.97 Å². The number of hydrogen-bond donors (Lipinski definition) is 0. The van der Waals surface area contributed by atoms with Crippen molar-refractivity contribution in [1.29, 1.82) is 0 Å². The molecule has 2 nitrogen and oxygen atoms in total. The summed E-state index contributed by atoms with van der Waals surface area (Å²) < 4.78 is 5.28. The van der Waals surface area contributed by atoms with E-state index < -0.39 is 0 Å². The predicted molar refractivity (Wildman–Crippen MR) is 99.2 cm³/mol. The molecule has 128 valence electrons. The zero-order valence-electron chi connectivity index (χ0n) is 14.5. The fraction of sp³-hybridized carbons (Fsp3) is 0.409. The van der Waals surface area contributed by atoms with Crippen molar-refractivity contribution < 1.29 is 9.53 Å². The van der Waals surface area contributed by atoms with Crippen LogP contribution in [0.2, 0.25) is 0 Å². The van der Waals surface area contributed by atoms with Crippen LogP contribution in [0, 0.1) is 0 Å². The Labute approximate surface area is 145 Å². The molecule has 24 heavy (non-hydrogen) atoms. The summed E-state index contributed by atoms with van der Waals surface area (Å²) in [5.74, 6) is 0.518. The fourth-order valence-electron chi connectivity index (χ4n) is 2.80. The normalized spacial score (nSPS) is 10.5. The molecule has 0 spiro atoms. The number of hydrogen-bond acceptors (Lipinski definition) is 2. The lowest BCUT2D eigenvalue weighted by molar-refractivity contribution is -0.134. The Balaban J connectivity index is 1.41. The van der Waals surface area contributed by atoms with E-state index in [1.165, 1.54) is 44.1 Å². The van der Waals surface area contributed by atoms with Crippen molar-refractivity contribution in [2.45, 2.75) is 57.8 Å². The SMILES string of the molecule is O=C(CCCCCCCCCc1ccccc1)Oc1ccccc1. The van der Waals surface area contributed by atoms with Crippen LogP contribution in [-0.2, 0) is 11.2 Å². The fourth-order valence-corrected chi connectivity index (χ4v) is 2.80. The summed E-state index contributed by atoms with van der Waals surface area (Å²) in [5, 5.41) is 0. The average molecular weight is 324 g/mol. The van der Waals surface area contributed by atoms with Crippen molar-refractivity contribution in [1.82, 2.24) is 0 Å². The lowest BCUT2D eigenvalue weighted by atomic mass is 10.0. The standard InChI is InChI=1S/C22H28O2/c23-22(24-21-17-11-7-12-18-21)19-13-5-3-1-2-4-8-14-20-15-9-6-10-16-20/h6-7,9-12,15-18H,1-5,8,13-14,19H2. The van der Waals surface area contributed by atoms with Gasteiger partial charge in [0.25, 0.3) is 0 Å². The lowest BCUT2D eigenvalue weighted by Crippen LogP contribution is -2.07. The highest BCUT2D eigenvalue weighted by Crippen LogP contribution is 2.13. The summed E-state index contributed by atoms with van der Waals surface area (Å²) in [6.07, 6.45) is 10.1. The van der Waals surface area contributed by atoms with E-state index in [0.717, 1.165) is 12.8 Å². The van der Waals surface area contributed by atoms with Crippen LogP contribution in [0.5, 0.6) is 5.75 Å². The van der Waals surface area contributed by atoms with Gasteiger partial charge in [-0.1, -0.05) is 80.6 Å². The summed E-state index contributed by atoms with van der Waals surface area (Å²) in [6, 6.07) is 20.0. The van der Waals surface area contributed by atoms with E-state index >= 15 is 0 Å². The van der Waals surface area contributed by atoms with Crippen molar-refractivity contribution in [3.8, 4) is 5.75 Å². The Morgan fingerprint density at radius 2 is 1.21 bits per heavy atom. The first kappa shape index (κ1) is 18.3. The highest BCUT2D eigenvalue weighted by molar-refractivity contribution is 5.72. The van der Waals surface area contributed by atoms with Crippen LogP contribution in [0.15, 0.2) is 60.7 Å². The van der Waals surface area contributed by atoms with Gasteiger partial charge in [-0.2, -0.15) is 0 Å². The number of ether oxygens (including phenoxy) is 1. The third-order valence-corrected chi connectivity index (χ3v) is 4.16. The van der Waals surface area contributed by atoms with Crippen molar-refractivity contribution in [3.63, 3.8) is 0 Å². The van der Waals surface area contributed by atoms with Gasteiger partial charge < -0.3 is 4.74 Å². The molecule has 0 unspecified atom stereocenters. The molecule has 0 heterocycles. The number of aryl methyl sites for hydroxylation is 1. The van der Waals surface area contributed by atoms with Crippen LogP contribution in [0.4, 0.5) is 0 Å². The zero-order chi connectivity index (χ0) is 16.9. The van der Waals surface area contributed by atoms with Gasteiger partial charge in [0.15, 0.2) is 0 Å². The average Bonchev–Trinajstić information content (AvgIpc) is 2.62. The highest BCUT2D eigenvalue weighted by Gasteiger charge is 2.03. The predicted octanol–water partition coefficient (Wildman–Crippen LogP) is 5.96. The van der Waals surface area contributed by atoms with E-state index in [4.69, 9.17) is 4.74 Å². The first-order chi connectivity index (χ1) is 11.8. The smallest absolute Gasteiger partial charge is 0.311 e. The number of unbranched alkanes of at least 4 members (excludes halogenated alkanes) is 6. The van der Waals surface area contributed by atoms with Gasteiger partial charge in [-0.15, -0.1) is 0 Å². The Kier molecular flexibility index (Phi) is 8.70. The maximum atomic E-state index is 11.7. The monoisotopic (exact) mass is 324 g/mol. The second-order valence-corrected chi connectivity index (χ2v) is 6.25. The molecule has 2 heteroatoms. The Morgan fingerprint density at radius 1 is 0.667 bits per heavy atom. The van der Waals surface area contributed by atoms with Gasteiger partial charge in [0.1, 0.15) is 5.75 Å². The molecule has 0 aromatic heterocycles. The second kappa shape index (κ2) is 11.4. The van der Waals surface area contributed by atoms with E-state index in [2.05, 4.69) is 30.3 Å². The van der Waals surface area contributed by atoms with E-state index in [1.54, 1.807) is 0 Å². The summed E-state index contributed by atoms with van der Waals surface area (Å²) in [5.41, 5.74) is 1.44. The second-order valence-electron chi connectivity index (χ2n) is 6.25.